The second-order valence-electron chi connectivity index (χ2n) is 6.18. The minimum atomic E-state index is -0.779. The zero-order valence-corrected chi connectivity index (χ0v) is 15.4. The maximum atomic E-state index is 12.6. The fraction of sp³-hybridized carbons (Fsp3) is 0.333. The Balaban J connectivity index is 1.72. The van der Waals surface area contributed by atoms with Crippen LogP contribution >= 0.6 is 0 Å². The number of hydrogen-bond donors (Lipinski definition) is 0. The predicted octanol–water partition coefficient (Wildman–Crippen LogP) is 3.67. The number of carbonyl (C=O) groups is 2. The summed E-state index contributed by atoms with van der Waals surface area (Å²) in [6.45, 7) is 4.16. The number of nitrogens with zero attached hydrogens (tertiary/aromatic N) is 1. The van der Waals surface area contributed by atoms with E-state index >= 15 is 0 Å². The maximum absolute atomic E-state index is 12.6. The zero-order valence-electron chi connectivity index (χ0n) is 15.4. The lowest BCUT2D eigenvalue weighted by Crippen LogP contribution is -2.62. The molecule has 142 valence electrons. The van der Waals surface area contributed by atoms with Crippen LogP contribution in [0.4, 0.5) is 4.79 Å². The zero-order chi connectivity index (χ0) is 19.2. The molecule has 3 rings (SSSR count). The van der Waals surface area contributed by atoms with E-state index in [1.807, 2.05) is 67.6 Å². The first-order chi connectivity index (χ1) is 13.1. The van der Waals surface area contributed by atoms with Gasteiger partial charge in [0, 0.05) is 6.61 Å². The van der Waals surface area contributed by atoms with Gasteiger partial charge in [0.1, 0.15) is 12.6 Å². The molecule has 6 nitrogen and oxygen atoms in total. The van der Waals surface area contributed by atoms with Crippen LogP contribution in [0.25, 0.3) is 0 Å². The number of carbonyl (C=O) groups excluding carboxylic acids is 2. The quantitative estimate of drug-likeness (QED) is 0.550. The fourth-order valence-electron chi connectivity index (χ4n) is 3.04. The summed E-state index contributed by atoms with van der Waals surface area (Å²) in [6, 6.07) is 18.1. The Morgan fingerprint density at radius 1 is 1.07 bits per heavy atom. The van der Waals surface area contributed by atoms with E-state index in [-0.39, 0.29) is 6.61 Å². The van der Waals surface area contributed by atoms with Gasteiger partial charge in [0.05, 0.1) is 0 Å². The van der Waals surface area contributed by atoms with Gasteiger partial charge in [-0.1, -0.05) is 60.7 Å². The summed E-state index contributed by atoms with van der Waals surface area (Å²) in [5.74, 6) is -0.423. The van der Waals surface area contributed by atoms with Crippen LogP contribution in [0.3, 0.4) is 0 Å². The number of β-lactam (4-membered cyclic amide) rings is 1. The Morgan fingerprint density at radius 3 is 2.33 bits per heavy atom. The van der Waals surface area contributed by atoms with Gasteiger partial charge in [-0.3, -0.25) is 4.79 Å². The summed E-state index contributed by atoms with van der Waals surface area (Å²) >= 11 is 0. The molecule has 0 saturated carbocycles. The van der Waals surface area contributed by atoms with Crippen molar-refractivity contribution in [2.45, 2.75) is 38.9 Å². The first-order valence-electron chi connectivity index (χ1n) is 8.97. The second kappa shape index (κ2) is 8.79. The summed E-state index contributed by atoms with van der Waals surface area (Å²) in [4.78, 5) is 26.2. The van der Waals surface area contributed by atoms with E-state index in [1.54, 1.807) is 6.92 Å². The highest BCUT2D eigenvalue weighted by Crippen LogP contribution is 2.38. The minimum Gasteiger partial charge on any atom is -0.444 e. The largest absolute Gasteiger partial charge is 0.444 e. The Kier molecular flexibility index (Phi) is 6.21. The molecule has 0 aliphatic carbocycles. The number of rotatable bonds is 7. The molecule has 1 heterocycles. The molecule has 0 N–H and O–H groups in total. The number of imide groups is 1. The molecule has 2 amide bonds. The molecule has 27 heavy (non-hydrogen) atoms. The van der Waals surface area contributed by atoms with Crippen LogP contribution in [0.5, 0.6) is 0 Å². The average molecular weight is 369 g/mol. The van der Waals surface area contributed by atoms with E-state index in [1.165, 1.54) is 0 Å². The standard InChI is InChI=1S/C21H23NO5/c1-3-25-15(2)27-19-18(17-12-8-5-9-13-17)22(20(19)23)21(24)26-14-16-10-6-4-7-11-16/h4-13,15,18-19H,3,14H2,1-2H3/t15?,18-,19+/m0/s1. The lowest BCUT2D eigenvalue weighted by Gasteiger charge is -2.45. The summed E-state index contributed by atoms with van der Waals surface area (Å²) in [6.07, 6.45) is -2.00. The molecule has 2 aromatic rings. The topological polar surface area (TPSA) is 65.1 Å². The third-order valence-corrected chi connectivity index (χ3v) is 4.33. The highest BCUT2D eigenvalue weighted by Gasteiger charge is 2.54. The van der Waals surface area contributed by atoms with Crippen LogP contribution < -0.4 is 0 Å². The van der Waals surface area contributed by atoms with Crippen molar-refractivity contribution in [1.82, 2.24) is 4.90 Å². The molecule has 1 aliphatic rings. The molecule has 0 radical (unpaired) electrons. The average Bonchev–Trinajstić information content (AvgIpc) is 2.70. The van der Waals surface area contributed by atoms with Crippen LogP contribution in [-0.2, 0) is 25.6 Å². The molecule has 2 aromatic carbocycles. The fourth-order valence-corrected chi connectivity index (χ4v) is 3.04. The third-order valence-electron chi connectivity index (χ3n) is 4.33. The van der Waals surface area contributed by atoms with Crippen molar-refractivity contribution in [2.24, 2.45) is 0 Å². The molecule has 1 saturated heterocycles. The highest BCUT2D eigenvalue weighted by molar-refractivity contribution is 6.01. The molecular formula is C21H23NO5. The SMILES string of the molecule is CCOC(C)O[C@H]1C(=O)N(C(=O)OCc2ccccc2)[C@H]1c1ccccc1. The van der Waals surface area contributed by atoms with Crippen molar-refractivity contribution >= 4 is 12.0 Å². The number of benzene rings is 2. The maximum Gasteiger partial charge on any atom is 0.417 e. The van der Waals surface area contributed by atoms with Gasteiger partial charge < -0.3 is 14.2 Å². The minimum absolute atomic E-state index is 0.103. The van der Waals surface area contributed by atoms with Gasteiger partial charge in [0.2, 0.25) is 0 Å². The van der Waals surface area contributed by atoms with E-state index in [9.17, 15) is 9.59 Å². The van der Waals surface area contributed by atoms with Crippen molar-refractivity contribution in [2.75, 3.05) is 6.61 Å². The summed E-state index contributed by atoms with van der Waals surface area (Å²) in [7, 11) is 0. The van der Waals surface area contributed by atoms with Crippen LogP contribution in [0.1, 0.15) is 31.0 Å². The predicted molar refractivity (Wildman–Crippen MR) is 98.6 cm³/mol. The van der Waals surface area contributed by atoms with Gasteiger partial charge >= 0.3 is 6.09 Å². The Labute approximate surface area is 158 Å². The van der Waals surface area contributed by atoms with E-state index in [0.717, 1.165) is 16.0 Å². The van der Waals surface area contributed by atoms with E-state index < -0.39 is 30.4 Å². The van der Waals surface area contributed by atoms with Crippen LogP contribution in [0, 0.1) is 0 Å². The molecule has 1 aliphatic heterocycles. The molecule has 0 spiro atoms. The van der Waals surface area contributed by atoms with Gasteiger partial charge in [-0.15, -0.1) is 0 Å². The first-order valence-corrected chi connectivity index (χ1v) is 8.97. The Morgan fingerprint density at radius 2 is 1.70 bits per heavy atom. The van der Waals surface area contributed by atoms with Crippen molar-refractivity contribution in [1.29, 1.82) is 0 Å². The molecule has 3 atom stereocenters. The van der Waals surface area contributed by atoms with Gasteiger partial charge in [-0.25, -0.2) is 9.69 Å². The van der Waals surface area contributed by atoms with Gasteiger partial charge in [-0.2, -0.15) is 0 Å². The molecule has 0 aromatic heterocycles. The number of hydrogen-bond acceptors (Lipinski definition) is 5. The molecule has 6 heteroatoms. The molecule has 0 bridgehead atoms. The van der Waals surface area contributed by atoms with Gasteiger partial charge in [-0.05, 0) is 25.0 Å². The lowest BCUT2D eigenvalue weighted by molar-refractivity contribution is -0.210. The molecular weight excluding hydrogens is 346 g/mol. The Hall–Kier alpha value is -2.70. The van der Waals surface area contributed by atoms with Crippen molar-refractivity contribution < 1.29 is 23.8 Å². The monoisotopic (exact) mass is 369 g/mol. The van der Waals surface area contributed by atoms with Gasteiger partial charge in [0.25, 0.3) is 5.91 Å². The van der Waals surface area contributed by atoms with Crippen LogP contribution in [0.2, 0.25) is 0 Å². The van der Waals surface area contributed by atoms with E-state index in [2.05, 4.69) is 0 Å². The molecule has 1 unspecified atom stereocenters. The van der Waals surface area contributed by atoms with E-state index in [0.29, 0.717) is 6.61 Å². The van der Waals surface area contributed by atoms with Crippen LogP contribution in [-0.4, -0.2) is 35.9 Å². The number of ether oxygens (including phenoxy) is 3. The Bertz CT molecular complexity index is 765. The summed E-state index contributed by atoms with van der Waals surface area (Å²) < 4.78 is 16.4. The first kappa shape index (κ1) is 19.1. The summed E-state index contributed by atoms with van der Waals surface area (Å²) in [5.41, 5.74) is 1.66. The third kappa shape index (κ3) is 4.35. The molecule has 1 fully saturated rings. The summed E-state index contributed by atoms with van der Waals surface area (Å²) in [5, 5.41) is 0. The van der Waals surface area contributed by atoms with Crippen molar-refractivity contribution in [3.8, 4) is 0 Å². The smallest absolute Gasteiger partial charge is 0.417 e. The lowest BCUT2D eigenvalue weighted by atomic mass is 9.91. The highest BCUT2D eigenvalue weighted by atomic mass is 16.7. The second-order valence-corrected chi connectivity index (χ2v) is 6.18. The normalized spacial score (nSPS) is 20.1. The van der Waals surface area contributed by atoms with Crippen LogP contribution in [0.15, 0.2) is 60.7 Å². The number of amides is 2. The number of likely N-dealkylation sites (tertiary alicyclic amines) is 1. The van der Waals surface area contributed by atoms with Gasteiger partial charge in [0.15, 0.2) is 12.4 Å². The van der Waals surface area contributed by atoms with Crippen molar-refractivity contribution in [3.05, 3.63) is 71.8 Å². The van der Waals surface area contributed by atoms with Crippen molar-refractivity contribution in [3.63, 3.8) is 0 Å². The van der Waals surface area contributed by atoms with E-state index in [4.69, 9.17) is 14.2 Å².